The van der Waals surface area contributed by atoms with Gasteiger partial charge in [-0.2, -0.15) is 0 Å². The van der Waals surface area contributed by atoms with Crippen molar-refractivity contribution in [2.75, 3.05) is 27.2 Å². The Morgan fingerprint density at radius 3 is 2.50 bits per heavy atom. The van der Waals surface area contributed by atoms with E-state index in [4.69, 9.17) is 0 Å². The molecule has 1 amide bonds. The predicted molar refractivity (Wildman–Crippen MR) is 119 cm³/mol. The fourth-order valence-electron chi connectivity index (χ4n) is 4.14. The molecule has 1 aliphatic heterocycles. The molecule has 1 saturated heterocycles. The highest BCUT2D eigenvalue weighted by Crippen LogP contribution is 2.40. The average Bonchev–Trinajstić information content (AvgIpc) is 3.21. The average molecular weight is 436 g/mol. The van der Waals surface area contributed by atoms with Crippen LogP contribution in [-0.2, 0) is 9.59 Å². The predicted octanol–water partition coefficient (Wildman–Crippen LogP) is 3.07. The van der Waals surface area contributed by atoms with Gasteiger partial charge in [0.2, 0.25) is 0 Å². The quantitative estimate of drug-likeness (QED) is 0.378. The van der Waals surface area contributed by atoms with Gasteiger partial charge in [0.05, 0.1) is 17.3 Å². The zero-order valence-electron chi connectivity index (χ0n) is 18.5. The first-order chi connectivity index (χ1) is 15.2. The number of aryl methyl sites for hydroxylation is 2. The summed E-state index contributed by atoms with van der Waals surface area (Å²) in [6.45, 7) is 4.46. The SMILES string of the molecule is Cc1nc2c(C)cccn2c1/C(O)=C1\C(=O)C(=O)N(CCN(C)C)[C@H]1c1ccc(F)cc1. The number of carbonyl (C=O) groups is 2. The first-order valence-electron chi connectivity index (χ1n) is 10.3. The second kappa shape index (κ2) is 8.20. The molecule has 3 aromatic rings. The van der Waals surface area contributed by atoms with E-state index < -0.39 is 23.5 Å². The molecule has 7 nitrogen and oxygen atoms in total. The van der Waals surface area contributed by atoms with Crippen molar-refractivity contribution in [3.63, 3.8) is 0 Å². The molecule has 0 radical (unpaired) electrons. The van der Waals surface area contributed by atoms with Gasteiger partial charge in [0.1, 0.15) is 17.2 Å². The van der Waals surface area contributed by atoms with Crippen LogP contribution in [0.2, 0.25) is 0 Å². The van der Waals surface area contributed by atoms with Gasteiger partial charge >= 0.3 is 0 Å². The number of ketones is 1. The summed E-state index contributed by atoms with van der Waals surface area (Å²) in [5.41, 5.74) is 3.00. The minimum absolute atomic E-state index is 0.0215. The Morgan fingerprint density at radius 2 is 1.84 bits per heavy atom. The summed E-state index contributed by atoms with van der Waals surface area (Å²) in [6.07, 6.45) is 1.76. The zero-order valence-corrected chi connectivity index (χ0v) is 18.5. The van der Waals surface area contributed by atoms with Gasteiger partial charge < -0.3 is 14.9 Å². The Kier molecular flexibility index (Phi) is 5.56. The number of pyridine rings is 1. The molecule has 1 aromatic carbocycles. The minimum Gasteiger partial charge on any atom is -0.505 e. The maximum Gasteiger partial charge on any atom is 0.295 e. The topological polar surface area (TPSA) is 78.1 Å². The maximum absolute atomic E-state index is 13.6. The number of carbonyl (C=O) groups excluding carboxylic acids is 2. The lowest BCUT2D eigenvalue weighted by Gasteiger charge is -2.26. The fourth-order valence-corrected chi connectivity index (χ4v) is 4.14. The van der Waals surface area contributed by atoms with Gasteiger partial charge in [0, 0.05) is 19.3 Å². The van der Waals surface area contributed by atoms with E-state index in [0.717, 1.165) is 5.56 Å². The lowest BCUT2D eigenvalue weighted by molar-refractivity contribution is -0.140. The van der Waals surface area contributed by atoms with Gasteiger partial charge in [0.25, 0.3) is 11.7 Å². The molecule has 1 aliphatic rings. The summed E-state index contributed by atoms with van der Waals surface area (Å²) >= 11 is 0. The lowest BCUT2D eigenvalue weighted by Crippen LogP contribution is -2.35. The second-order valence-corrected chi connectivity index (χ2v) is 8.28. The highest BCUT2D eigenvalue weighted by Gasteiger charge is 2.46. The third-order valence-corrected chi connectivity index (χ3v) is 5.76. The first-order valence-corrected chi connectivity index (χ1v) is 10.3. The van der Waals surface area contributed by atoms with Crippen molar-refractivity contribution in [2.24, 2.45) is 0 Å². The Labute approximate surface area is 185 Å². The molecule has 0 aliphatic carbocycles. The molecule has 8 heteroatoms. The van der Waals surface area contributed by atoms with Crippen LogP contribution in [-0.4, -0.2) is 63.2 Å². The molecule has 2 aromatic heterocycles. The minimum atomic E-state index is -0.828. The van der Waals surface area contributed by atoms with E-state index in [1.54, 1.807) is 17.5 Å². The molecule has 3 heterocycles. The van der Waals surface area contributed by atoms with Crippen LogP contribution in [0.15, 0.2) is 48.2 Å². The van der Waals surface area contributed by atoms with Crippen molar-refractivity contribution in [2.45, 2.75) is 19.9 Å². The summed E-state index contributed by atoms with van der Waals surface area (Å²) in [5.74, 6) is -2.17. The van der Waals surface area contributed by atoms with Crippen molar-refractivity contribution >= 4 is 23.1 Å². The molecule has 0 spiro atoms. The summed E-state index contributed by atoms with van der Waals surface area (Å²) in [5, 5.41) is 11.4. The number of likely N-dealkylation sites (N-methyl/N-ethyl adjacent to an activating group) is 1. The molecule has 1 atom stereocenters. The lowest BCUT2D eigenvalue weighted by atomic mass is 9.96. The smallest absolute Gasteiger partial charge is 0.295 e. The number of fused-ring (bicyclic) bond motifs is 1. The standard InChI is InChI=1S/C24H25FN4O3/c1-14-6-5-11-28-19(15(2)26-23(14)28)21(30)18-20(16-7-9-17(25)10-8-16)29(13-12-27(3)4)24(32)22(18)31/h5-11,20,30H,12-13H2,1-4H3/b21-18+/t20-/m0/s1. The molecule has 4 rings (SSSR count). The molecule has 166 valence electrons. The monoisotopic (exact) mass is 436 g/mol. The van der Waals surface area contributed by atoms with Crippen LogP contribution >= 0.6 is 0 Å². The summed E-state index contributed by atoms with van der Waals surface area (Å²) in [6, 6.07) is 8.54. The Morgan fingerprint density at radius 1 is 1.16 bits per heavy atom. The number of halogens is 1. The van der Waals surface area contributed by atoms with E-state index in [2.05, 4.69) is 4.98 Å². The van der Waals surface area contributed by atoms with E-state index in [-0.39, 0.29) is 17.9 Å². The second-order valence-electron chi connectivity index (χ2n) is 8.28. The van der Waals surface area contributed by atoms with Crippen molar-refractivity contribution in [3.8, 4) is 0 Å². The molecule has 0 saturated carbocycles. The number of aliphatic hydroxyl groups is 1. The third kappa shape index (κ3) is 3.56. The zero-order chi connectivity index (χ0) is 23.2. The number of aliphatic hydroxyl groups excluding tert-OH is 1. The number of benzene rings is 1. The molecule has 0 unspecified atom stereocenters. The Bertz CT molecular complexity index is 1240. The van der Waals surface area contributed by atoms with Crippen LogP contribution in [0, 0.1) is 19.7 Å². The van der Waals surface area contributed by atoms with Gasteiger partial charge in [-0.1, -0.05) is 18.2 Å². The fraction of sp³-hybridized carbons (Fsp3) is 0.292. The molecular weight excluding hydrogens is 411 g/mol. The molecule has 0 bridgehead atoms. The molecular formula is C24H25FN4O3. The van der Waals surface area contributed by atoms with Crippen LogP contribution in [0.5, 0.6) is 0 Å². The van der Waals surface area contributed by atoms with Crippen LogP contribution in [0.25, 0.3) is 11.4 Å². The number of nitrogens with zero attached hydrogens (tertiary/aromatic N) is 4. The number of amides is 1. The van der Waals surface area contributed by atoms with E-state index in [1.807, 2.05) is 38.1 Å². The molecule has 1 fully saturated rings. The maximum atomic E-state index is 13.6. The van der Waals surface area contributed by atoms with Crippen LogP contribution in [0.3, 0.4) is 0 Å². The summed E-state index contributed by atoms with van der Waals surface area (Å²) in [4.78, 5) is 34.0. The van der Waals surface area contributed by atoms with Crippen LogP contribution < -0.4 is 0 Å². The van der Waals surface area contributed by atoms with Gasteiger partial charge in [-0.3, -0.25) is 14.0 Å². The van der Waals surface area contributed by atoms with Gasteiger partial charge in [0.15, 0.2) is 5.76 Å². The third-order valence-electron chi connectivity index (χ3n) is 5.76. The van der Waals surface area contributed by atoms with Gasteiger partial charge in [-0.15, -0.1) is 0 Å². The number of Topliss-reactive ketones (excluding diaryl/α,β-unsaturated/α-hetero) is 1. The number of rotatable bonds is 5. The van der Waals surface area contributed by atoms with Gasteiger partial charge in [-0.25, -0.2) is 9.37 Å². The summed E-state index contributed by atoms with van der Waals surface area (Å²) < 4.78 is 15.3. The number of aromatic nitrogens is 2. The summed E-state index contributed by atoms with van der Waals surface area (Å²) in [7, 11) is 3.74. The van der Waals surface area contributed by atoms with Crippen molar-refractivity contribution in [3.05, 3.63) is 76.5 Å². The van der Waals surface area contributed by atoms with E-state index in [9.17, 15) is 19.1 Å². The Hall–Kier alpha value is -3.52. The largest absolute Gasteiger partial charge is 0.505 e. The van der Waals surface area contributed by atoms with E-state index in [0.29, 0.717) is 29.1 Å². The molecule has 1 N–H and O–H groups in total. The highest BCUT2D eigenvalue weighted by atomic mass is 19.1. The first kappa shape index (κ1) is 21.7. The van der Waals surface area contributed by atoms with Crippen LogP contribution in [0.4, 0.5) is 4.39 Å². The van der Waals surface area contributed by atoms with Crippen molar-refractivity contribution < 1.29 is 19.1 Å². The van der Waals surface area contributed by atoms with Crippen LogP contribution in [0.1, 0.15) is 28.6 Å². The number of likely N-dealkylation sites (tertiary alicyclic amines) is 1. The number of hydrogen-bond donors (Lipinski definition) is 1. The van der Waals surface area contributed by atoms with Crippen molar-refractivity contribution in [1.29, 1.82) is 0 Å². The normalized spacial score (nSPS) is 18.3. The number of hydrogen-bond acceptors (Lipinski definition) is 5. The van der Waals surface area contributed by atoms with E-state index >= 15 is 0 Å². The van der Waals surface area contributed by atoms with E-state index in [1.165, 1.54) is 29.2 Å². The van der Waals surface area contributed by atoms with Gasteiger partial charge in [-0.05, 0) is 57.3 Å². The van der Waals surface area contributed by atoms with Crippen molar-refractivity contribution in [1.82, 2.24) is 19.2 Å². The number of imidazole rings is 1. The Balaban J connectivity index is 1.94. The highest BCUT2D eigenvalue weighted by molar-refractivity contribution is 6.46. The molecule has 32 heavy (non-hydrogen) atoms.